The summed E-state index contributed by atoms with van der Waals surface area (Å²) in [5, 5.41) is -0.784. The molecular formula is C18H17F3N2O4S2. The molecule has 0 bridgehead atoms. The number of hydrogen-bond acceptors (Lipinski definition) is 5. The van der Waals surface area contributed by atoms with Crippen LogP contribution in [0.4, 0.5) is 13.2 Å². The van der Waals surface area contributed by atoms with E-state index in [0.29, 0.717) is 0 Å². The van der Waals surface area contributed by atoms with E-state index in [2.05, 4.69) is 0 Å². The van der Waals surface area contributed by atoms with Gasteiger partial charge >= 0.3 is 11.9 Å². The van der Waals surface area contributed by atoms with Gasteiger partial charge in [0, 0.05) is 13.1 Å². The second kappa shape index (κ2) is 7.52. The van der Waals surface area contributed by atoms with Crippen molar-refractivity contribution in [2.45, 2.75) is 42.8 Å². The van der Waals surface area contributed by atoms with E-state index in [1.807, 2.05) is 0 Å². The Morgan fingerprint density at radius 2 is 1.79 bits per heavy atom. The minimum absolute atomic E-state index is 0.0801. The van der Waals surface area contributed by atoms with Gasteiger partial charge in [0.25, 0.3) is 5.56 Å². The predicted octanol–water partition coefficient (Wildman–Crippen LogP) is 2.26. The molecule has 0 saturated heterocycles. The molecule has 0 amide bonds. The molecule has 1 atom stereocenters. The summed E-state index contributed by atoms with van der Waals surface area (Å²) in [5.41, 5.74) is -2.47. The molecule has 2 aromatic rings. The molecule has 0 saturated carbocycles. The summed E-state index contributed by atoms with van der Waals surface area (Å²) in [6, 6.07) is 4.53. The maximum atomic E-state index is 13.3. The van der Waals surface area contributed by atoms with Crippen molar-refractivity contribution in [2.75, 3.05) is 0 Å². The van der Waals surface area contributed by atoms with Crippen molar-refractivity contribution >= 4 is 26.9 Å². The molecule has 0 aliphatic carbocycles. The molecule has 156 valence electrons. The van der Waals surface area contributed by atoms with E-state index < -0.39 is 38.5 Å². The van der Waals surface area contributed by atoms with E-state index in [1.165, 1.54) is 29.8 Å². The first-order valence-electron chi connectivity index (χ1n) is 8.58. The molecule has 1 aromatic heterocycles. The van der Waals surface area contributed by atoms with Gasteiger partial charge in [-0.15, -0.1) is 0 Å². The SMILES string of the molecule is CC(C)n1c2c(c(=O)n(C)c1=O)C(=S(=O)=O)C(Cc1ccccc1C(F)(F)F)S2. The van der Waals surface area contributed by atoms with Gasteiger partial charge in [0.2, 0.25) is 10.3 Å². The third kappa shape index (κ3) is 3.68. The molecule has 0 spiro atoms. The van der Waals surface area contributed by atoms with Crippen LogP contribution in [0.3, 0.4) is 0 Å². The molecule has 0 radical (unpaired) electrons. The van der Waals surface area contributed by atoms with Crippen LogP contribution in [0.5, 0.6) is 0 Å². The molecule has 6 nitrogen and oxygen atoms in total. The number of nitrogens with zero attached hydrogens (tertiary/aromatic N) is 2. The lowest BCUT2D eigenvalue weighted by molar-refractivity contribution is -0.138. The topological polar surface area (TPSA) is 78.1 Å². The lowest BCUT2D eigenvalue weighted by atomic mass is 10.00. The van der Waals surface area contributed by atoms with Crippen LogP contribution < -0.4 is 11.2 Å². The van der Waals surface area contributed by atoms with Crippen molar-refractivity contribution in [3.63, 3.8) is 0 Å². The molecule has 29 heavy (non-hydrogen) atoms. The van der Waals surface area contributed by atoms with Crippen molar-refractivity contribution in [3.8, 4) is 0 Å². The third-order valence-corrected chi connectivity index (χ3v) is 6.97. The summed E-state index contributed by atoms with van der Waals surface area (Å²) in [5.74, 6) is 0. The van der Waals surface area contributed by atoms with Crippen LogP contribution in [-0.4, -0.2) is 27.7 Å². The van der Waals surface area contributed by atoms with Gasteiger partial charge in [0.15, 0.2) is 0 Å². The van der Waals surface area contributed by atoms with Crippen LogP contribution in [0, 0.1) is 0 Å². The Bertz CT molecular complexity index is 1230. The van der Waals surface area contributed by atoms with E-state index in [0.717, 1.165) is 22.4 Å². The fraction of sp³-hybridized carbons (Fsp3) is 0.389. The first-order chi connectivity index (χ1) is 13.4. The fourth-order valence-corrected chi connectivity index (χ4v) is 5.91. The van der Waals surface area contributed by atoms with Crippen LogP contribution >= 0.6 is 11.8 Å². The van der Waals surface area contributed by atoms with Crippen LogP contribution in [0.25, 0.3) is 0 Å². The van der Waals surface area contributed by atoms with Crippen molar-refractivity contribution < 1.29 is 21.6 Å². The standard InChI is InChI=1S/C18H17F3N2O4S2/c1-9(2)23-16-13(15(24)22(3)17(23)25)14(29(26)27)12(28-16)8-10-6-4-5-7-11(10)18(19,20)21/h4-7,9,12H,8H2,1-3H3. The smallest absolute Gasteiger partial charge is 0.285 e. The highest BCUT2D eigenvalue weighted by atomic mass is 32.2. The molecule has 1 aromatic carbocycles. The number of thioether (sulfide) groups is 1. The zero-order valence-electron chi connectivity index (χ0n) is 15.6. The molecule has 1 aliphatic rings. The third-order valence-electron chi connectivity index (χ3n) is 4.66. The number of rotatable bonds is 3. The quantitative estimate of drug-likeness (QED) is 0.534. The summed E-state index contributed by atoms with van der Waals surface area (Å²) in [4.78, 5) is 24.9. The number of benzene rings is 1. The summed E-state index contributed by atoms with van der Waals surface area (Å²) in [6.45, 7) is 3.40. The molecule has 1 aliphatic heterocycles. The summed E-state index contributed by atoms with van der Waals surface area (Å²) in [7, 11) is -1.60. The van der Waals surface area contributed by atoms with Crippen LogP contribution in [0.2, 0.25) is 0 Å². The number of hydrogen-bond donors (Lipinski definition) is 0. The second-order valence-electron chi connectivity index (χ2n) is 6.86. The van der Waals surface area contributed by atoms with E-state index in [1.54, 1.807) is 13.8 Å². The lowest BCUT2D eigenvalue weighted by Gasteiger charge is -2.16. The zero-order chi connectivity index (χ0) is 21.7. The summed E-state index contributed by atoms with van der Waals surface area (Å²) < 4.78 is 66.1. The zero-order valence-corrected chi connectivity index (χ0v) is 17.3. The average Bonchev–Trinajstić information content (AvgIpc) is 2.98. The lowest BCUT2D eigenvalue weighted by Crippen LogP contribution is -2.42. The average molecular weight is 446 g/mol. The highest BCUT2D eigenvalue weighted by Gasteiger charge is 2.39. The largest absolute Gasteiger partial charge is 0.416 e. The van der Waals surface area contributed by atoms with Gasteiger partial charge in [-0.2, -0.15) is 21.6 Å². The van der Waals surface area contributed by atoms with Gasteiger partial charge in [-0.3, -0.25) is 13.9 Å². The fourth-order valence-electron chi connectivity index (χ4n) is 3.35. The van der Waals surface area contributed by atoms with Crippen LogP contribution in [0.15, 0.2) is 38.9 Å². The van der Waals surface area contributed by atoms with Gasteiger partial charge in [-0.25, -0.2) is 4.79 Å². The molecule has 11 heteroatoms. The maximum absolute atomic E-state index is 13.3. The van der Waals surface area contributed by atoms with E-state index in [-0.39, 0.29) is 33.5 Å². The molecule has 2 heterocycles. The Kier molecular flexibility index (Phi) is 5.56. The van der Waals surface area contributed by atoms with E-state index in [9.17, 15) is 31.2 Å². The highest BCUT2D eigenvalue weighted by molar-refractivity contribution is 8.02. The molecule has 1 unspecified atom stereocenters. The molecule has 3 rings (SSSR count). The summed E-state index contributed by atoms with van der Waals surface area (Å²) in [6.07, 6.45) is -4.85. The van der Waals surface area contributed by atoms with Crippen molar-refractivity contribution in [1.82, 2.24) is 9.13 Å². The predicted molar refractivity (Wildman–Crippen MR) is 104 cm³/mol. The monoisotopic (exact) mass is 446 g/mol. The highest BCUT2D eigenvalue weighted by Crippen LogP contribution is 2.40. The molecule has 0 fully saturated rings. The van der Waals surface area contributed by atoms with Crippen molar-refractivity contribution in [1.29, 1.82) is 0 Å². The Morgan fingerprint density at radius 1 is 1.17 bits per heavy atom. The van der Waals surface area contributed by atoms with Gasteiger partial charge < -0.3 is 0 Å². The van der Waals surface area contributed by atoms with Gasteiger partial charge in [0.05, 0.1) is 21.4 Å². The number of alkyl halides is 3. The Labute approximate surface area is 169 Å². The van der Waals surface area contributed by atoms with Gasteiger partial charge in [0.1, 0.15) is 4.86 Å². The Balaban J connectivity index is 2.22. The van der Waals surface area contributed by atoms with Crippen LogP contribution in [-0.2, 0) is 29.9 Å². The van der Waals surface area contributed by atoms with E-state index in [4.69, 9.17) is 0 Å². The number of fused-ring (bicyclic) bond motifs is 1. The molecule has 0 N–H and O–H groups in total. The number of halogens is 3. The van der Waals surface area contributed by atoms with Gasteiger partial charge in [-0.1, -0.05) is 30.0 Å². The Morgan fingerprint density at radius 3 is 2.34 bits per heavy atom. The summed E-state index contributed by atoms with van der Waals surface area (Å²) >= 11 is 0.931. The maximum Gasteiger partial charge on any atom is 0.416 e. The van der Waals surface area contributed by atoms with Crippen molar-refractivity contribution in [3.05, 3.63) is 61.8 Å². The van der Waals surface area contributed by atoms with Gasteiger partial charge in [-0.05, 0) is 31.9 Å². The normalized spacial score (nSPS) is 16.4. The van der Waals surface area contributed by atoms with Crippen LogP contribution in [0.1, 0.15) is 36.6 Å². The first-order valence-corrected chi connectivity index (χ1v) is 10.5. The molecular weight excluding hydrogens is 429 g/mol. The van der Waals surface area contributed by atoms with Crippen molar-refractivity contribution in [2.24, 2.45) is 7.05 Å². The minimum atomic E-state index is -4.60. The Hall–Kier alpha value is -2.27. The second-order valence-corrected chi connectivity index (χ2v) is 8.96. The van der Waals surface area contributed by atoms with E-state index >= 15 is 0 Å². The minimum Gasteiger partial charge on any atom is -0.285 e. The first kappa shape index (κ1) is 21.4. The number of aromatic nitrogens is 2.